The maximum Gasteiger partial charge on any atom is 0.127 e. The zero-order chi connectivity index (χ0) is 10.3. The number of aromatic amines is 1. The Morgan fingerprint density at radius 1 is 1.36 bits per heavy atom. The van der Waals surface area contributed by atoms with Crippen molar-refractivity contribution >= 4 is 22.6 Å². The predicted octanol–water partition coefficient (Wildman–Crippen LogP) is 3.35. The molecule has 0 saturated heterocycles. The van der Waals surface area contributed by atoms with Crippen molar-refractivity contribution in [3.8, 4) is 0 Å². The molecular weight excluding hydrogens is 196 g/mol. The van der Waals surface area contributed by atoms with Gasteiger partial charge in [-0.25, -0.2) is 4.98 Å². The molecule has 3 heteroatoms. The second-order valence-electron chi connectivity index (χ2n) is 4.08. The molecule has 2 nitrogen and oxygen atoms in total. The van der Waals surface area contributed by atoms with E-state index < -0.39 is 4.87 Å². The minimum Gasteiger partial charge on any atom is -0.340 e. The molecule has 0 aliphatic rings. The van der Waals surface area contributed by atoms with Crippen LogP contribution in [-0.2, 0) is 4.87 Å². The van der Waals surface area contributed by atoms with Crippen LogP contribution in [0.1, 0.15) is 25.2 Å². The Morgan fingerprint density at radius 3 is 2.71 bits per heavy atom. The van der Waals surface area contributed by atoms with E-state index in [1.165, 1.54) is 5.56 Å². The van der Waals surface area contributed by atoms with Gasteiger partial charge in [0.1, 0.15) is 5.82 Å². The summed E-state index contributed by atoms with van der Waals surface area (Å²) in [7, 11) is 0. The first-order chi connectivity index (χ1) is 6.47. The number of fused-ring (bicyclic) bond motifs is 1. The molecule has 0 aliphatic carbocycles. The van der Waals surface area contributed by atoms with E-state index in [1.807, 2.05) is 26.0 Å². The van der Waals surface area contributed by atoms with Crippen molar-refractivity contribution in [1.82, 2.24) is 9.97 Å². The first kappa shape index (κ1) is 9.53. The Kier molecular flexibility index (Phi) is 2.04. The molecule has 2 aromatic rings. The van der Waals surface area contributed by atoms with Gasteiger partial charge in [-0.3, -0.25) is 0 Å². The maximum absolute atomic E-state index is 6.18. The number of rotatable bonds is 1. The Labute approximate surface area is 88.3 Å². The first-order valence-corrected chi connectivity index (χ1v) is 5.00. The van der Waals surface area contributed by atoms with Gasteiger partial charge in [-0.1, -0.05) is 6.07 Å². The maximum atomic E-state index is 6.18. The van der Waals surface area contributed by atoms with Gasteiger partial charge in [-0.2, -0.15) is 0 Å². The van der Waals surface area contributed by atoms with Crippen LogP contribution in [0, 0.1) is 6.92 Å². The highest BCUT2D eigenvalue weighted by Gasteiger charge is 2.20. The van der Waals surface area contributed by atoms with Gasteiger partial charge in [-0.05, 0) is 38.5 Å². The lowest BCUT2D eigenvalue weighted by Gasteiger charge is -2.10. The number of hydrogen-bond donors (Lipinski definition) is 1. The Bertz CT molecular complexity index is 466. The number of alkyl halides is 1. The molecule has 0 bridgehead atoms. The van der Waals surface area contributed by atoms with E-state index in [1.54, 1.807) is 0 Å². The number of halogens is 1. The highest BCUT2D eigenvalue weighted by Crippen LogP contribution is 2.27. The summed E-state index contributed by atoms with van der Waals surface area (Å²) in [5, 5.41) is 0. The molecule has 0 atom stereocenters. The number of imidazole rings is 1. The largest absolute Gasteiger partial charge is 0.340 e. The molecule has 0 aliphatic heterocycles. The van der Waals surface area contributed by atoms with E-state index in [2.05, 4.69) is 23.0 Å². The SMILES string of the molecule is Cc1ccc2nc(C(C)(C)Cl)[nH]c2c1. The van der Waals surface area contributed by atoms with Gasteiger partial charge < -0.3 is 4.98 Å². The highest BCUT2D eigenvalue weighted by molar-refractivity contribution is 6.23. The third kappa shape index (κ3) is 1.62. The molecule has 0 radical (unpaired) electrons. The molecule has 1 aromatic heterocycles. The normalized spacial score (nSPS) is 12.3. The highest BCUT2D eigenvalue weighted by atomic mass is 35.5. The third-order valence-electron chi connectivity index (χ3n) is 2.20. The van der Waals surface area contributed by atoms with E-state index >= 15 is 0 Å². The van der Waals surface area contributed by atoms with Crippen LogP contribution in [0.3, 0.4) is 0 Å². The van der Waals surface area contributed by atoms with Crippen molar-refractivity contribution in [2.24, 2.45) is 0 Å². The van der Waals surface area contributed by atoms with E-state index in [4.69, 9.17) is 11.6 Å². The first-order valence-electron chi connectivity index (χ1n) is 4.62. The summed E-state index contributed by atoms with van der Waals surface area (Å²) in [6.45, 7) is 5.92. The molecule has 0 fully saturated rings. The average molecular weight is 209 g/mol. The van der Waals surface area contributed by atoms with Gasteiger partial charge in [0, 0.05) is 0 Å². The third-order valence-corrected chi connectivity index (χ3v) is 2.38. The van der Waals surface area contributed by atoms with Crippen LogP contribution in [0.4, 0.5) is 0 Å². The van der Waals surface area contributed by atoms with Crippen molar-refractivity contribution in [2.45, 2.75) is 25.6 Å². The van der Waals surface area contributed by atoms with Crippen LogP contribution in [0.15, 0.2) is 18.2 Å². The summed E-state index contributed by atoms with van der Waals surface area (Å²) >= 11 is 6.18. The molecule has 0 unspecified atom stereocenters. The van der Waals surface area contributed by atoms with Crippen LogP contribution in [0.2, 0.25) is 0 Å². The molecule has 14 heavy (non-hydrogen) atoms. The Morgan fingerprint density at radius 2 is 2.07 bits per heavy atom. The topological polar surface area (TPSA) is 28.7 Å². The molecule has 0 saturated carbocycles. The lowest BCUT2D eigenvalue weighted by Crippen LogP contribution is -2.09. The van der Waals surface area contributed by atoms with E-state index in [0.29, 0.717) is 0 Å². The van der Waals surface area contributed by atoms with Gasteiger partial charge in [-0.15, -0.1) is 11.6 Å². The number of H-pyrrole nitrogens is 1. The van der Waals surface area contributed by atoms with Gasteiger partial charge in [0.15, 0.2) is 0 Å². The minimum atomic E-state index is -0.438. The fourth-order valence-corrected chi connectivity index (χ4v) is 1.49. The zero-order valence-electron chi connectivity index (χ0n) is 8.56. The van der Waals surface area contributed by atoms with Gasteiger partial charge in [0.2, 0.25) is 0 Å². The Balaban J connectivity index is 2.63. The lowest BCUT2D eigenvalue weighted by atomic mass is 10.2. The van der Waals surface area contributed by atoms with E-state index in [-0.39, 0.29) is 0 Å². The number of aryl methyl sites for hydroxylation is 1. The molecule has 2 rings (SSSR count). The molecule has 0 amide bonds. The van der Waals surface area contributed by atoms with Gasteiger partial charge >= 0.3 is 0 Å². The van der Waals surface area contributed by atoms with E-state index in [0.717, 1.165) is 16.9 Å². The van der Waals surface area contributed by atoms with Crippen molar-refractivity contribution < 1.29 is 0 Å². The number of nitrogens with zero attached hydrogens (tertiary/aromatic N) is 1. The number of hydrogen-bond acceptors (Lipinski definition) is 1. The van der Waals surface area contributed by atoms with Crippen molar-refractivity contribution in [1.29, 1.82) is 0 Å². The van der Waals surface area contributed by atoms with Gasteiger partial charge in [0.05, 0.1) is 15.9 Å². The van der Waals surface area contributed by atoms with Crippen molar-refractivity contribution in [3.63, 3.8) is 0 Å². The molecule has 1 N–H and O–H groups in total. The zero-order valence-corrected chi connectivity index (χ0v) is 9.31. The van der Waals surface area contributed by atoms with Gasteiger partial charge in [0.25, 0.3) is 0 Å². The summed E-state index contributed by atoms with van der Waals surface area (Å²) in [5.41, 5.74) is 3.24. The summed E-state index contributed by atoms with van der Waals surface area (Å²) in [6.07, 6.45) is 0. The summed E-state index contributed by atoms with van der Waals surface area (Å²) in [5.74, 6) is 0.819. The second kappa shape index (κ2) is 2.99. The molecule has 1 aromatic carbocycles. The van der Waals surface area contributed by atoms with Crippen LogP contribution in [0.25, 0.3) is 11.0 Å². The van der Waals surface area contributed by atoms with Crippen LogP contribution >= 0.6 is 11.6 Å². The number of benzene rings is 1. The van der Waals surface area contributed by atoms with Crippen LogP contribution in [-0.4, -0.2) is 9.97 Å². The fraction of sp³-hybridized carbons (Fsp3) is 0.364. The number of nitrogens with one attached hydrogen (secondary N) is 1. The lowest BCUT2D eigenvalue weighted by molar-refractivity contribution is 0.711. The monoisotopic (exact) mass is 208 g/mol. The summed E-state index contributed by atoms with van der Waals surface area (Å²) in [4.78, 5) is 7.23. The summed E-state index contributed by atoms with van der Waals surface area (Å²) in [6, 6.07) is 6.13. The fourth-order valence-electron chi connectivity index (χ4n) is 1.41. The summed E-state index contributed by atoms with van der Waals surface area (Å²) < 4.78 is 0. The number of aromatic nitrogens is 2. The molecule has 0 spiro atoms. The van der Waals surface area contributed by atoms with Crippen molar-refractivity contribution in [3.05, 3.63) is 29.6 Å². The standard InChI is InChI=1S/C11H13ClN2/c1-7-4-5-8-9(6-7)14-10(13-8)11(2,3)12/h4-6H,1-3H3,(H,13,14). The molecular formula is C11H13ClN2. The van der Waals surface area contributed by atoms with Crippen molar-refractivity contribution in [2.75, 3.05) is 0 Å². The van der Waals surface area contributed by atoms with Crippen LogP contribution in [0.5, 0.6) is 0 Å². The molecule has 1 heterocycles. The smallest absolute Gasteiger partial charge is 0.127 e. The Hall–Kier alpha value is -1.02. The quantitative estimate of drug-likeness (QED) is 0.716. The van der Waals surface area contributed by atoms with Crippen LogP contribution < -0.4 is 0 Å². The average Bonchev–Trinajstić information content (AvgIpc) is 2.45. The predicted molar refractivity (Wildman–Crippen MR) is 59.7 cm³/mol. The minimum absolute atomic E-state index is 0.438. The molecule has 74 valence electrons. The van der Waals surface area contributed by atoms with E-state index in [9.17, 15) is 0 Å². The second-order valence-corrected chi connectivity index (χ2v) is 5.02.